The number of hydrogen-bond donors (Lipinski definition) is 3. The number of H-pyrrole nitrogens is 1. The second-order valence-electron chi connectivity index (χ2n) is 7.44. The zero-order valence-electron chi connectivity index (χ0n) is 17.4. The van der Waals surface area contributed by atoms with Crippen LogP contribution in [0.25, 0.3) is 0 Å². The van der Waals surface area contributed by atoms with E-state index in [0.29, 0.717) is 12.2 Å². The predicted molar refractivity (Wildman–Crippen MR) is 120 cm³/mol. The highest BCUT2D eigenvalue weighted by Gasteiger charge is 2.31. The Morgan fingerprint density at radius 2 is 2.14 bits per heavy atom. The molecule has 5 nitrogen and oxygen atoms in total. The highest BCUT2D eigenvalue weighted by molar-refractivity contribution is 6.07. The van der Waals surface area contributed by atoms with Crippen LogP contribution in [0.2, 0.25) is 0 Å². The van der Waals surface area contributed by atoms with Crippen molar-refractivity contribution in [2.45, 2.75) is 32.2 Å². The zero-order valence-corrected chi connectivity index (χ0v) is 17.4. The Labute approximate surface area is 173 Å². The number of carbonyl (C=O) groups is 1. The summed E-state index contributed by atoms with van der Waals surface area (Å²) in [6, 6.07) is 5.90. The van der Waals surface area contributed by atoms with Crippen molar-refractivity contribution in [3.05, 3.63) is 89.4 Å². The predicted octanol–water partition coefficient (Wildman–Crippen LogP) is 3.77. The van der Waals surface area contributed by atoms with Crippen LogP contribution >= 0.6 is 0 Å². The van der Waals surface area contributed by atoms with E-state index in [1.54, 1.807) is 7.05 Å². The summed E-state index contributed by atoms with van der Waals surface area (Å²) in [6.07, 6.45) is 16.5. The van der Waals surface area contributed by atoms with Gasteiger partial charge in [-0.3, -0.25) is 4.79 Å². The lowest BCUT2D eigenvalue weighted by molar-refractivity contribution is -0.115. The molecule has 5 heteroatoms. The Morgan fingerprint density at radius 3 is 2.93 bits per heavy atom. The van der Waals surface area contributed by atoms with Crippen LogP contribution in [-0.4, -0.2) is 30.5 Å². The fourth-order valence-electron chi connectivity index (χ4n) is 3.79. The van der Waals surface area contributed by atoms with Gasteiger partial charge in [-0.15, -0.1) is 0 Å². The van der Waals surface area contributed by atoms with Crippen molar-refractivity contribution in [2.75, 3.05) is 18.5 Å². The Hall–Kier alpha value is -3.05. The summed E-state index contributed by atoms with van der Waals surface area (Å²) in [5, 5.41) is 3.09. The first-order valence-corrected chi connectivity index (χ1v) is 10.0. The van der Waals surface area contributed by atoms with Crippen LogP contribution in [0, 0.1) is 6.92 Å². The number of fused-ring (bicyclic) bond motifs is 1. The number of nitrogens with one attached hydrogen (secondary N) is 2. The van der Waals surface area contributed by atoms with Gasteiger partial charge < -0.3 is 20.9 Å². The van der Waals surface area contributed by atoms with Crippen LogP contribution in [0.3, 0.4) is 0 Å². The minimum absolute atomic E-state index is 0.0332. The lowest BCUT2D eigenvalue weighted by atomic mass is 10.0. The van der Waals surface area contributed by atoms with Gasteiger partial charge >= 0.3 is 0 Å². The number of likely N-dealkylation sites (N-methyl/N-ethyl adjacent to an activating group) is 1. The Balaban J connectivity index is 1.99. The first kappa shape index (κ1) is 20.7. The highest BCUT2D eigenvalue weighted by Crippen LogP contribution is 2.37. The number of anilines is 1. The van der Waals surface area contributed by atoms with Crippen molar-refractivity contribution in [1.29, 1.82) is 0 Å². The largest absolute Gasteiger partial charge is 0.384 e. The average molecular weight is 391 g/mol. The molecule has 0 spiro atoms. The number of nitrogens with two attached hydrogens (primary N) is 1. The number of hydrogen-bond acceptors (Lipinski definition) is 3. The van der Waals surface area contributed by atoms with Gasteiger partial charge in [0.15, 0.2) is 0 Å². The molecule has 1 aliphatic heterocycles. The SMILES string of the molecule is CN/C(=C\C1=C\C/C=C\C(N)C=C1)C(=O)N1CC(C)c2c(C)cc[nH]cccc21. The topological polar surface area (TPSA) is 74.2 Å². The fourth-order valence-corrected chi connectivity index (χ4v) is 3.79. The van der Waals surface area contributed by atoms with Gasteiger partial charge in [0, 0.05) is 43.6 Å². The molecule has 152 valence electrons. The van der Waals surface area contributed by atoms with Crippen molar-refractivity contribution >= 4 is 11.6 Å². The summed E-state index contributed by atoms with van der Waals surface area (Å²) in [6.45, 7) is 4.92. The van der Waals surface area contributed by atoms with Gasteiger partial charge in [-0.05, 0) is 54.3 Å². The molecule has 0 bridgehead atoms. The number of aromatic amines is 1. The van der Waals surface area contributed by atoms with E-state index in [9.17, 15) is 4.79 Å². The normalized spacial score (nSPS) is 23.9. The van der Waals surface area contributed by atoms with E-state index in [2.05, 4.69) is 36.3 Å². The van der Waals surface area contributed by atoms with Gasteiger partial charge in [0.25, 0.3) is 5.91 Å². The van der Waals surface area contributed by atoms with E-state index in [1.165, 1.54) is 5.56 Å². The molecule has 29 heavy (non-hydrogen) atoms. The summed E-state index contributed by atoms with van der Waals surface area (Å²) in [5.41, 5.74) is 10.8. The molecule has 2 atom stereocenters. The number of carbonyl (C=O) groups excluding carboxylic acids is 1. The number of rotatable bonds is 3. The van der Waals surface area contributed by atoms with E-state index in [0.717, 1.165) is 23.2 Å². The van der Waals surface area contributed by atoms with Gasteiger partial charge in [-0.1, -0.05) is 37.3 Å². The van der Waals surface area contributed by atoms with E-state index in [4.69, 9.17) is 5.73 Å². The standard InChI is InChI=1S/C24H30N4O/c1-17-12-14-27-13-6-9-22-23(17)18(2)16-28(22)24(29)21(26-3)15-19-7-4-5-8-20(25)11-10-19/h5-15,18,20,26-27H,4,16,25H2,1-3H3/b8-5-,11-10?,13-6?,14-12?,19-7+,21-15-,22-9?,23-17?. The molecule has 0 saturated carbocycles. The Morgan fingerprint density at radius 1 is 1.31 bits per heavy atom. The molecule has 3 rings (SSSR count). The van der Waals surface area contributed by atoms with Gasteiger partial charge in [-0.25, -0.2) is 0 Å². The molecular formula is C24H30N4O. The minimum atomic E-state index is -0.103. The number of allylic oxidation sites excluding steroid dienone is 5. The Bertz CT molecular complexity index is 934. The maximum Gasteiger partial charge on any atom is 0.274 e. The molecule has 4 N–H and O–H groups in total. The molecule has 0 radical (unpaired) electrons. The molecule has 1 aliphatic carbocycles. The van der Waals surface area contributed by atoms with Crippen LogP contribution < -0.4 is 16.0 Å². The number of nitrogens with zero attached hydrogens (tertiary/aromatic N) is 1. The second-order valence-corrected chi connectivity index (χ2v) is 7.44. The summed E-state index contributed by atoms with van der Waals surface area (Å²) < 4.78 is 0. The van der Waals surface area contributed by atoms with Crippen molar-refractivity contribution in [3.63, 3.8) is 0 Å². The molecule has 2 unspecified atom stereocenters. The third kappa shape index (κ3) is 4.87. The van der Waals surface area contributed by atoms with Gasteiger partial charge in [-0.2, -0.15) is 0 Å². The zero-order chi connectivity index (χ0) is 20.8. The molecule has 1 aromatic heterocycles. The first-order chi connectivity index (χ1) is 14.0. The number of amides is 1. The van der Waals surface area contributed by atoms with E-state index >= 15 is 0 Å². The van der Waals surface area contributed by atoms with Crippen LogP contribution in [-0.2, 0) is 4.79 Å². The second kappa shape index (κ2) is 9.43. The third-order valence-electron chi connectivity index (χ3n) is 5.23. The fraction of sp³-hybridized carbons (Fsp3) is 0.292. The maximum absolute atomic E-state index is 13.4. The van der Waals surface area contributed by atoms with Crippen LogP contribution in [0.5, 0.6) is 0 Å². The third-order valence-corrected chi connectivity index (χ3v) is 5.23. The molecule has 0 aromatic carbocycles. The van der Waals surface area contributed by atoms with Crippen LogP contribution in [0.1, 0.15) is 30.4 Å². The van der Waals surface area contributed by atoms with E-state index in [-0.39, 0.29) is 17.9 Å². The van der Waals surface area contributed by atoms with Crippen molar-refractivity contribution < 1.29 is 4.79 Å². The number of aryl methyl sites for hydroxylation is 1. The molecule has 2 aliphatic rings. The molecule has 0 fully saturated rings. The highest BCUT2D eigenvalue weighted by atomic mass is 16.2. The maximum atomic E-state index is 13.4. The average Bonchev–Trinajstić information content (AvgIpc) is 3.06. The molecule has 2 heterocycles. The monoisotopic (exact) mass is 390 g/mol. The van der Waals surface area contributed by atoms with E-state index < -0.39 is 0 Å². The molecule has 0 saturated heterocycles. The summed E-state index contributed by atoms with van der Waals surface area (Å²) in [7, 11) is 1.79. The van der Waals surface area contributed by atoms with Crippen LogP contribution in [0.4, 0.5) is 5.69 Å². The first-order valence-electron chi connectivity index (χ1n) is 10.0. The molecule has 1 amide bonds. The van der Waals surface area contributed by atoms with Gasteiger partial charge in [0.1, 0.15) is 5.70 Å². The lowest BCUT2D eigenvalue weighted by Gasteiger charge is -2.19. The van der Waals surface area contributed by atoms with Crippen molar-refractivity contribution in [1.82, 2.24) is 10.3 Å². The van der Waals surface area contributed by atoms with Gasteiger partial charge in [0.05, 0.1) is 0 Å². The Kier molecular flexibility index (Phi) is 6.73. The van der Waals surface area contributed by atoms with Crippen LogP contribution in [0.15, 0.2) is 78.3 Å². The molecular weight excluding hydrogens is 360 g/mol. The van der Waals surface area contributed by atoms with E-state index in [1.807, 2.05) is 59.8 Å². The van der Waals surface area contributed by atoms with Crippen molar-refractivity contribution in [3.8, 4) is 0 Å². The summed E-state index contributed by atoms with van der Waals surface area (Å²) >= 11 is 0. The molecule has 1 aromatic rings. The smallest absolute Gasteiger partial charge is 0.274 e. The summed E-state index contributed by atoms with van der Waals surface area (Å²) in [4.78, 5) is 18.4. The lowest BCUT2D eigenvalue weighted by Crippen LogP contribution is -2.34. The van der Waals surface area contributed by atoms with Gasteiger partial charge in [0.2, 0.25) is 0 Å². The minimum Gasteiger partial charge on any atom is -0.384 e. The quantitative estimate of drug-likeness (QED) is 0.543. The van der Waals surface area contributed by atoms with Crippen molar-refractivity contribution in [2.24, 2.45) is 5.73 Å². The number of aromatic nitrogens is 1. The summed E-state index contributed by atoms with van der Waals surface area (Å²) in [5.74, 6) is 0.234.